The first-order valence-electron chi connectivity index (χ1n) is 9.49. The Labute approximate surface area is 143 Å². The lowest BCUT2D eigenvalue weighted by molar-refractivity contribution is -0.134. The van der Waals surface area contributed by atoms with Crippen molar-refractivity contribution in [2.24, 2.45) is 11.8 Å². The fourth-order valence-electron chi connectivity index (χ4n) is 5.37. The van der Waals surface area contributed by atoms with Gasteiger partial charge >= 0.3 is 6.03 Å². The zero-order valence-corrected chi connectivity index (χ0v) is 14.8. The summed E-state index contributed by atoms with van der Waals surface area (Å²) in [6, 6.07) is 0.346. The molecule has 1 spiro atoms. The van der Waals surface area contributed by atoms with Crippen LogP contribution >= 0.6 is 0 Å². The van der Waals surface area contributed by atoms with Crippen molar-refractivity contribution >= 4 is 11.9 Å². The Bertz CT molecular complexity index is 516. The van der Waals surface area contributed by atoms with E-state index in [2.05, 4.69) is 5.32 Å². The van der Waals surface area contributed by atoms with Crippen LogP contribution in [0.15, 0.2) is 0 Å². The van der Waals surface area contributed by atoms with Crippen molar-refractivity contribution in [1.82, 2.24) is 15.1 Å². The predicted octanol–water partition coefficient (Wildman–Crippen LogP) is 1.60. The summed E-state index contributed by atoms with van der Waals surface area (Å²) in [6.07, 6.45) is 4.88. The van der Waals surface area contributed by atoms with Gasteiger partial charge in [0.1, 0.15) is 5.54 Å². The van der Waals surface area contributed by atoms with Crippen LogP contribution in [-0.2, 0) is 9.53 Å². The zero-order chi connectivity index (χ0) is 16.9. The van der Waals surface area contributed by atoms with E-state index in [0.29, 0.717) is 31.0 Å². The molecular weight excluding hydrogens is 306 g/mol. The van der Waals surface area contributed by atoms with Crippen LogP contribution in [0.4, 0.5) is 4.79 Å². The lowest BCUT2D eigenvalue weighted by atomic mass is 9.91. The Hall–Kier alpha value is -1.14. The molecule has 6 nitrogen and oxygen atoms in total. The second kappa shape index (κ2) is 5.99. The Morgan fingerprint density at radius 1 is 1.29 bits per heavy atom. The molecule has 6 heteroatoms. The molecule has 4 aliphatic rings. The normalized spacial score (nSPS) is 39.5. The number of amides is 3. The monoisotopic (exact) mass is 335 g/mol. The molecular formula is C18H29N3O3. The van der Waals surface area contributed by atoms with E-state index in [4.69, 9.17) is 4.74 Å². The molecule has 4 fully saturated rings. The van der Waals surface area contributed by atoms with Crippen LogP contribution in [0.5, 0.6) is 0 Å². The van der Waals surface area contributed by atoms with Gasteiger partial charge in [0.15, 0.2) is 0 Å². The van der Waals surface area contributed by atoms with Gasteiger partial charge in [-0.15, -0.1) is 0 Å². The minimum Gasteiger partial charge on any atom is -0.381 e. The van der Waals surface area contributed by atoms with Crippen molar-refractivity contribution in [1.29, 1.82) is 0 Å². The van der Waals surface area contributed by atoms with Gasteiger partial charge in [-0.2, -0.15) is 0 Å². The fourth-order valence-corrected chi connectivity index (χ4v) is 5.37. The Morgan fingerprint density at radius 2 is 2.12 bits per heavy atom. The molecule has 4 atom stereocenters. The lowest BCUT2D eigenvalue weighted by Crippen LogP contribution is -2.51. The van der Waals surface area contributed by atoms with Crippen molar-refractivity contribution in [3.05, 3.63) is 0 Å². The van der Waals surface area contributed by atoms with Crippen LogP contribution in [0.25, 0.3) is 0 Å². The third-order valence-electron chi connectivity index (χ3n) is 6.41. The van der Waals surface area contributed by atoms with E-state index in [1.54, 1.807) is 0 Å². The highest BCUT2D eigenvalue weighted by atomic mass is 16.5. The van der Waals surface area contributed by atoms with Gasteiger partial charge in [0, 0.05) is 31.2 Å². The number of rotatable bonds is 3. The molecule has 3 aliphatic heterocycles. The average molecular weight is 335 g/mol. The van der Waals surface area contributed by atoms with Gasteiger partial charge in [-0.25, -0.2) is 4.79 Å². The van der Waals surface area contributed by atoms with Crippen molar-refractivity contribution in [2.75, 3.05) is 26.3 Å². The number of hydrogen-bond donors (Lipinski definition) is 1. The molecule has 0 bridgehead atoms. The van der Waals surface area contributed by atoms with E-state index in [9.17, 15) is 9.59 Å². The number of hydrogen-bond acceptors (Lipinski definition) is 4. The molecule has 1 saturated carbocycles. The number of carbonyl (C=O) groups is 2. The van der Waals surface area contributed by atoms with Gasteiger partial charge in [-0.05, 0) is 58.4 Å². The molecule has 24 heavy (non-hydrogen) atoms. The number of carbonyl (C=O) groups excluding carboxylic acids is 2. The van der Waals surface area contributed by atoms with Crippen LogP contribution < -0.4 is 5.32 Å². The summed E-state index contributed by atoms with van der Waals surface area (Å²) in [5.74, 6) is 0.861. The van der Waals surface area contributed by atoms with Crippen LogP contribution in [0.2, 0.25) is 0 Å². The molecule has 3 amide bonds. The van der Waals surface area contributed by atoms with Gasteiger partial charge in [0.2, 0.25) is 0 Å². The van der Waals surface area contributed by atoms with Crippen molar-refractivity contribution in [3.63, 3.8) is 0 Å². The first-order valence-corrected chi connectivity index (χ1v) is 9.49. The van der Waals surface area contributed by atoms with E-state index in [1.807, 2.05) is 18.7 Å². The maximum Gasteiger partial charge on any atom is 0.327 e. The highest BCUT2D eigenvalue weighted by Crippen LogP contribution is 2.48. The highest BCUT2D eigenvalue weighted by Gasteiger charge is 2.63. The van der Waals surface area contributed by atoms with Crippen molar-refractivity contribution in [2.45, 2.75) is 63.6 Å². The average Bonchev–Trinajstić information content (AvgIpc) is 3.22. The van der Waals surface area contributed by atoms with Gasteiger partial charge in [0.05, 0.1) is 6.61 Å². The summed E-state index contributed by atoms with van der Waals surface area (Å²) in [5, 5.41) is 3.59. The van der Waals surface area contributed by atoms with E-state index >= 15 is 0 Å². The number of nitrogens with zero attached hydrogens (tertiary/aromatic N) is 2. The van der Waals surface area contributed by atoms with Crippen molar-refractivity contribution in [3.8, 4) is 0 Å². The first kappa shape index (κ1) is 16.3. The molecule has 4 rings (SSSR count). The van der Waals surface area contributed by atoms with E-state index < -0.39 is 5.54 Å². The summed E-state index contributed by atoms with van der Waals surface area (Å²) < 4.78 is 5.43. The minimum absolute atomic E-state index is 0.0456. The molecule has 4 unspecified atom stereocenters. The maximum atomic E-state index is 13.4. The molecule has 0 aromatic carbocycles. The quantitative estimate of drug-likeness (QED) is 0.796. The summed E-state index contributed by atoms with van der Waals surface area (Å²) in [6.45, 7) is 7.02. The Morgan fingerprint density at radius 3 is 2.79 bits per heavy atom. The third-order valence-corrected chi connectivity index (χ3v) is 6.41. The number of ether oxygens (including phenoxy) is 1. The maximum absolute atomic E-state index is 13.4. The van der Waals surface area contributed by atoms with Gasteiger partial charge in [0.25, 0.3) is 5.91 Å². The highest BCUT2D eigenvalue weighted by molar-refractivity contribution is 6.07. The number of urea groups is 1. The molecule has 0 aromatic rings. The molecule has 0 radical (unpaired) electrons. The Balaban J connectivity index is 1.62. The molecule has 3 heterocycles. The number of imide groups is 1. The number of fused-ring (bicyclic) bond motifs is 1. The minimum atomic E-state index is -0.614. The van der Waals surface area contributed by atoms with E-state index in [0.717, 1.165) is 32.4 Å². The molecule has 0 aromatic heterocycles. The third kappa shape index (κ3) is 2.37. The van der Waals surface area contributed by atoms with Gasteiger partial charge in [-0.3, -0.25) is 9.69 Å². The SMILES string of the molecule is CC(C)N1C(=O)N(CC2CCOC2)C(=O)C12CC1CCCNC1C2. The molecule has 1 aliphatic carbocycles. The molecule has 3 saturated heterocycles. The number of piperidine rings is 1. The van der Waals surface area contributed by atoms with E-state index in [-0.39, 0.29) is 18.0 Å². The van der Waals surface area contributed by atoms with Gasteiger partial charge in [-0.1, -0.05) is 0 Å². The second-order valence-corrected chi connectivity index (χ2v) is 8.29. The van der Waals surface area contributed by atoms with Crippen LogP contribution in [0.3, 0.4) is 0 Å². The smallest absolute Gasteiger partial charge is 0.327 e. The van der Waals surface area contributed by atoms with Crippen molar-refractivity contribution < 1.29 is 14.3 Å². The largest absolute Gasteiger partial charge is 0.381 e. The summed E-state index contributed by atoms with van der Waals surface area (Å²) in [7, 11) is 0. The first-order chi connectivity index (χ1) is 11.5. The topological polar surface area (TPSA) is 61.9 Å². The number of nitrogens with one attached hydrogen (secondary N) is 1. The fraction of sp³-hybridized carbons (Fsp3) is 0.889. The predicted molar refractivity (Wildman–Crippen MR) is 89.5 cm³/mol. The second-order valence-electron chi connectivity index (χ2n) is 8.29. The standard InChI is InChI=1S/C18H29N3O3/c1-12(2)21-17(23)20(10-13-5-7-24-11-13)16(22)18(21)8-14-4-3-6-19-15(14)9-18/h12-15,19H,3-11H2,1-2H3. The Kier molecular flexibility index (Phi) is 4.07. The van der Waals surface area contributed by atoms with Crippen LogP contribution in [-0.4, -0.2) is 65.7 Å². The lowest BCUT2D eigenvalue weighted by Gasteiger charge is -2.34. The van der Waals surface area contributed by atoms with Crippen LogP contribution in [0, 0.1) is 11.8 Å². The van der Waals surface area contributed by atoms with Gasteiger partial charge < -0.3 is 15.0 Å². The van der Waals surface area contributed by atoms with E-state index in [1.165, 1.54) is 17.7 Å². The molecule has 1 N–H and O–H groups in total. The summed E-state index contributed by atoms with van der Waals surface area (Å²) in [4.78, 5) is 29.9. The summed E-state index contributed by atoms with van der Waals surface area (Å²) >= 11 is 0. The van der Waals surface area contributed by atoms with Crippen LogP contribution in [0.1, 0.15) is 46.0 Å². The zero-order valence-electron chi connectivity index (χ0n) is 14.8. The molecule has 134 valence electrons. The summed E-state index contributed by atoms with van der Waals surface area (Å²) in [5.41, 5.74) is -0.614.